The van der Waals surface area contributed by atoms with Crippen molar-refractivity contribution < 1.29 is 18.7 Å². The van der Waals surface area contributed by atoms with E-state index in [2.05, 4.69) is 39.1 Å². The second kappa shape index (κ2) is 7.86. The summed E-state index contributed by atoms with van der Waals surface area (Å²) in [4.78, 5) is 24.8. The number of hydrogen-bond acceptors (Lipinski definition) is 3. The second-order valence-electron chi connectivity index (χ2n) is 9.35. The van der Waals surface area contributed by atoms with Gasteiger partial charge >= 0.3 is 5.97 Å². The molecule has 5 heteroatoms. The van der Waals surface area contributed by atoms with E-state index in [0.29, 0.717) is 11.3 Å². The minimum atomic E-state index is -0.726. The number of nitrogens with one attached hydrogen (secondary N) is 1. The number of rotatable bonds is 4. The fourth-order valence-corrected chi connectivity index (χ4v) is 4.13. The van der Waals surface area contributed by atoms with Crippen LogP contribution in [0.4, 0.5) is 10.1 Å². The van der Waals surface area contributed by atoms with Gasteiger partial charge in [0.05, 0.1) is 12.2 Å². The third kappa shape index (κ3) is 4.11. The highest BCUT2D eigenvalue weighted by Gasteiger charge is 2.37. The smallest absolute Gasteiger partial charge is 0.341 e. The Labute approximate surface area is 177 Å². The number of amides is 1. The molecule has 0 aliphatic heterocycles. The van der Waals surface area contributed by atoms with Crippen LogP contribution in [0, 0.1) is 12.7 Å². The van der Waals surface area contributed by atoms with E-state index in [1.807, 2.05) is 13.0 Å². The van der Waals surface area contributed by atoms with Gasteiger partial charge < -0.3 is 10.1 Å². The summed E-state index contributed by atoms with van der Waals surface area (Å²) in [5.41, 5.74) is 4.15. The highest BCUT2D eigenvalue weighted by atomic mass is 19.1. The molecule has 0 bridgehead atoms. The molecule has 1 N–H and O–H groups in total. The van der Waals surface area contributed by atoms with Gasteiger partial charge in [-0.15, -0.1) is 0 Å². The van der Waals surface area contributed by atoms with Gasteiger partial charge in [0.15, 0.2) is 0 Å². The third-order valence-corrected chi connectivity index (χ3v) is 6.16. The summed E-state index contributed by atoms with van der Waals surface area (Å²) in [5, 5.41) is 2.76. The Balaban J connectivity index is 1.91. The van der Waals surface area contributed by atoms with Crippen molar-refractivity contribution in [1.82, 2.24) is 0 Å². The SMILES string of the molecule is CCOC(=O)c1ccc(NC(=O)c2cc3c(cc2C)C(C)(C)CCC3(C)C)cc1F. The molecule has 2 aromatic carbocycles. The van der Waals surface area contributed by atoms with Crippen molar-refractivity contribution in [3.63, 3.8) is 0 Å². The second-order valence-corrected chi connectivity index (χ2v) is 9.35. The molecule has 0 fully saturated rings. The highest BCUT2D eigenvalue weighted by Crippen LogP contribution is 2.46. The summed E-state index contributed by atoms with van der Waals surface area (Å²) in [6.45, 7) is 12.7. The zero-order chi connectivity index (χ0) is 22.3. The van der Waals surface area contributed by atoms with Crippen molar-refractivity contribution in [3.8, 4) is 0 Å². The van der Waals surface area contributed by atoms with Crippen molar-refractivity contribution in [2.24, 2.45) is 0 Å². The van der Waals surface area contributed by atoms with Crippen LogP contribution in [-0.4, -0.2) is 18.5 Å². The van der Waals surface area contributed by atoms with Crippen LogP contribution in [-0.2, 0) is 15.6 Å². The quantitative estimate of drug-likeness (QED) is 0.636. The van der Waals surface area contributed by atoms with Crippen LogP contribution in [0.25, 0.3) is 0 Å². The van der Waals surface area contributed by atoms with Crippen LogP contribution >= 0.6 is 0 Å². The number of hydrogen-bond donors (Lipinski definition) is 1. The van der Waals surface area contributed by atoms with Gasteiger partial charge in [0.25, 0.3) is 5.91 Å². The first-order chi connectivity index (χ1) is 14.0. The predicted molar refractivity (Wildman–Crippen MR) is 117 cm³/mol. The summed E-state index contributed by atoms with van der Waals surface area (Å²) in [7, 11) is 0. The molecule has 1 amide bonds. The Morgan fingerprint density at radius 3 is 2.17 bits per heavy atom. The fourth-order valence-electron chi connectivity index (χ4n) is 4.13. The standard InChI is InChI=1S/C25H30FNO3/c1-7-30-23(29)17-9-8-16(13-21(17)26)27-22(28)18-14-20-19(12-15(18)2)24(3,4)10-11-25(20,5)6/h8-9,12-14H,7,10-11H2,1-6H3,(H,27,28). The zero-order valence-electron chi connectivity index (χ0n) is 18.6. The van der Waals surface area contributed by atoms with E-state index in [1.165, 1.54) is 23.3 Å². The van der Waals surface area contributed by atoms with Crippen LogP contribution < -0.4 is 5.32 Å². The van der Waals surface area contributed by atoms with Crippen LogP contribution in [0.5, 0.6) is 0 Å². The van der Waals surface area contributed by atoms with Crippen molar-refractivity contribution in [1.29, 1.82) is 0 Å². The van der Waals surface area contributed by atoms with E-state index in [9.17, 15) is 14.0 Å². The molecule has 0 unspecified atom stereocenters. The molecular formula is C25H30FNO3. The van der Waals surface area contributed by atoms with Gasteiger partial charge in [-0.25, -0.2) is 9.18 Å². The monoisotopic (exact) mass is 411 g/mol. The largest absolute Gasteiger partial charge is 0.462 e. The topological polar surface area (TPSA) is 55.4 Å². The lowest BCUT2D eigenvalue weighted by atomic mass is 9.62. The van der Waals surface area contributed by atoms with Crippen molar-refractivity contribution in [2.75, 3.05) is 11.9 Å². The molecule has 3 rings (SSSR count). The number of carbonyl (C=O) groups excluding carboxylic acids is 2. The Morgan fingerprint density at radius 1 is 1.00 bits per heavy atom. The van der Waals surface area contributed by atoms with E-state index in [0.717, 1.165) is 24.5 Å². The average Bonchev–Trinajstić information content (AvgIpc) is 2.65. The van der Waals surface area contributed by atoms with E-state index < -0.39 is 11.8 Å². The lowest BCUT2D eigenvalue weighted by Crippen LogP contribution is -2.34. The van der Waals surface area contributed by atoms with Crippen LogP contribution in [0.1, 0.15) is 84.9 Å². The van der Waals surface area contributed by atoms with Crippen LogP contribution in [0.3, 0.4) is 0 Å². The number of halogens is 1. The molecule has 0 saturated heterocycles. The summed E-state index contributed by atoms with van der Waals surface area (Å²) in [6.07, 6.45) is 2.15. The molecule has 160 valence electrons. The Bertz CT molecular complexity index is 1010. The number of fused-ring (bicyclic) bond motifs is 1. The van der Waals surface area contributed by atoms with Gasteiger partial charge in [0.1, 0.15) is 5.82 Å². The maximum absolute atomic E-state index is 14.3. The van der Waals surface area contributed by atoms with Crippen molar-refractivity contribution in [2.45, 2.75) is 65.2 Å². The van der Waals surface area contributed by atoms with E-state index >= 15 is 0 Å². The normalized spacial score (nSPS) is 16.5. The fraction of sp³-hybridized carbons (Fsp3) is 0.440. The number of anilines is 1. The molecule has 2 aromatic rings. The number of ether oxygens (including phenoxy) is 1. The van der Waals surface area contributed by atoms with E-state index in [-0.39, 0.29) is 28.9 Å². The summed E-state index contributed by atoms with van der Waals surface area (Å²) >= 11 is 0. The first-order valence-electron chi connectivity index (χ1n) is 10.4. The van der Waals surface area contributed by atoms with Gasteiger partial charge in [-0.2, -0.15) is 0 Å². The van der Waals surface area contributed by atoms with Crippen LogP contribution in [0.2, 0.25) is 0 Å². The Morgan fingerprint density at radius 2 is 1.60 bits per heavy atom. The summed E-state index contributed by atoms with van der Waals surface area (Å²) in [5.74, 6) is -1.74. The van der Waals surface area contributed by atoms with Gasteiger partial charge in [0, 0.05) is 11.3 Å². The molecule has 0 saturated carbocycles. The highest BCUT2D eigenvalue weighted by molar-refractivity contribution is 6.05. The maximum atomic E-state index is 14.3. The van der Waals surface area contributed by atoms with Crippen molar-refractivity contribution >= 4 is 17.6 Å². The maximum Gasteiger partial charge on any atom is 0.341 e. The Hall–Kier alpha value is -2.69. The number of esters is 1. The minimum absolute atomic E-state index is 0.0129. The summed E-state index contributed by atoms with van der Waals surface area (Å²) in [6, 6.07) is 8.09. The minimum Gasteiger partial charge on any atom is -0.462 e. The molecule has 0 radical (unpaired) electrons. The summed E-state index contributed by atoms with van der Waals surface area (Å²) < 4.78 is 19.2. The number of benzene rings is 2. The van der Waals surface area contributed by atoms with Gasteiger partial charge in [0.2, 0.25) is 0 Å². The van der Waals surface area contributed by atoms with Gasteiger partial charge in [-0.1, -0.05) is 33.8 Å². The predicted octanol–water partition coefficient (Wildman–Crippen LogP) is 5.91. The average molecular weight is 412 g/mol. The molecule has 0 aromatic heterocycles. The number of carbonyl (C=O) groups is 2. The van der Waals surface area contributed by atoms with E-state index in [1.54, 1.807) is 6.92 Å². The van der Waals surface area contributed by atoms with Gasteiger partial charge in [-0.3, -0.25) is 4.79 Å². The van der Waals surface area contributed by atoms with Crippen molar-refractivity contribution in [3.05, 3.63) is 64.0 Å². The molecule has 0 heterocycles. The third-order valence-electron chi connectivity index (χ3n) is 6.16. The lowest BCUT2D eigenvalue weighted by molar-refractivity contribution is 0.0521. The Kier molecular flexibility index (Phi) is 5.76. The molecule has 1 aliphatic carbocycles. The zero-order valence-corrected chi connectivity index (χ0v) is 18.6. The lowest BCUT2D eigenvalue weighted by Gasteiger charge is -2.42. The molecule has 30 heavy (non-hydrogen) atoms. The molecule has 0 spiro atoms. The molecule has 1 aliphatic rings. The van der Waals surface area contributed by atoms with Gasteiger partial charge in [-0.05, 0) is 78.5 Å². The first kappa shape index (κ1) is 22.0. The van der Waals surface area contributed by atoms with Crippen LogP contribution in [0.15, 0.2) is 30.3 Å². The molecule has 4 nitrogen and oxygen atoms in total. The first-order valence-corrected chi connectivity index (χ1v) is 10.4. The number of aryl methyl sites for hydroxylation is 1. The molecule has 0 atom stereocenters. The molecular weight excluding hydrogens is 381 g/mol. The van der Waals surface area contributed by atoms with E-state index in [4.69, 9.17) is 4.74 Å².